The van der Waals surface area contributed by atoms with Gasteiger partial charge >= 0.3 is 5.79 Å². The third kappa shape index (κ3) is 3.72. The van der Waals surface area contributed by atoms with E-state index < -0.39 is 5.79 Å². The maximum absolute atomic E-state index is 10.5. The number of isocyanates is 2. The van der Waals surface area contributed by atoms with Crippen molar-refractivity contribution in [1.82, 2.24) is 0 Å². The second-order valence-electron chi connectivity index (χ2n) is 5.94. The third-order valence-electron chi connectivity index (χ3n) is 4.80. The summed E-state index contributed by atoms with van der Waals surface area (Å²) in [5.41, 5.74) is 0. The van der Waals surface area contributed by atoms with Gasteiger partial charge in [-0.1, -0.05) is 38.5 Å². The summed E-state index contributed by atoms with van der Waals surface area (Å²) in [7, 11) is 0. The van der Waals surface area contributed by atoms with Crippen molar-refractivity contribution < 1.29 is 19.3 Å². The Morgan fingerprint density at radius 1 is 0.714 bits per heavy atom. The predicted molar refractivity (Wildman–Crippen MR) is 74.3 cm³/mol. The zero-order valence-electron chi connectivity index (χ0n) is 12.3. The Bertz CT molecular complexity index is 375. The largest absolute Gasteiger partial charge is 0.334 e. The number of hydrogen-bond donors (Lipinski definition) is 0. The van der Waals surface area contributed by atoms with Crippen LogP contribution in [0.2, 0.25) is 0 Å². The topological polar surface area (TPSA) is 77.3 Å². The summed E-state index contributed by atoms with van der Waals surface area (Å²) in [6.07, 6.45) is 13.3. The van der Waals surface area contributed by atoms with Crippen molar-refractivity contribution in [2.24, 2.45) is 22.1 Å². The second-order valence-corrected chi connectivity index (χ2v) is 5.94. The van der Waals surface area contributed by atoms with E-state index in [1.54, 1.807) is 0 Å². The Hall–Kier alpha value is -1.64. The summed E-state index contributed by atoms with van der Waals surface area (Å²) < 4.78 is 0. The summed E-state index contributed by atoms with van der Waals surface area (Å²) in [6.45, 7) is 0. The monoisotopic (exact) mass is 294 g/mol. The molecular weight excluding hydrogens is 272 g/mol. The van der Waals surface area contributed by atoms with Gasteiger partial charge in [-0.3, -0.25) is 0 Å². The molecule has 0 aromatic heterocycles. The maximum atomic E-state index is 10.5. The molecule has 0 radical (unpaired) electrons. The second kappa shape index (κ2) is 7.96. The lowest BCUT2D eigenvalue weighted by Gasteiger charge is -2.43. The minimum atomic E-state index is -1.12. The van der Waals surface area contributed by atoms with Crippen molar-refractivity contribution in [3.63, 3.8) is 0 Å². The van der Waals surface area contributed by atoms with Gasteiger partial charge in [0.05, 0.1) is 0 Å². The zero-order chi connectivity index (χ0) is 15.0. The third-order valence-corrected chi connectivity index (χ3v) is 4.80. The Morgan fingerprint density at radius 2 is 1.10 bits per heavy atom. The highest BCUT2D eigenvalue weighted by molar-refractivity contribution is 5.32. The quantitative estimate of drug-likeness (QED) is 0.325. The van der Waals surface area contributed by atoms with Crippen LogP contribution in [-0.2, 0) is 19.3 Å². The molecule has 2 rings (SSSR count). The molecule has 0 saturated heterocycles. The molecular formula is C15H22N2O4. The highest BCUT2D eigenvalue weighted by Crippen LogP contribution is 2.46. The molecule has 0 heterocycles. The van der Waals surface area contributed by atoms with E-state index in [2.05, 4.69) is 10.3 Å². The van der Waals surface area contributed by atoms with E-state index in [0.29, 0.717) is 0 Å². The van der Waals surface area contributed by atoms with Crippen LogP contribution in [0.25, 0.3) is 0 Å². The van der Waals surface area contributed by atoms with Crippen LogP contribution in [-0.4, -0.2) is 17.9 Å². The first-order chi connectivity index (χ1) is 10.3. The molecule has 0 bridgehead atoms. The number of rotatable bonds is 6. The van der Waals surface area contributed by atoms with Crippen molar-refractivity contribution in [2.45, 2.75) is 70.0 Å². The normalized spacial score (nSPS) is 21.0. The van der Waals surface area contributed by atoms with E-state index in [1.165, 1.54) is 25.0 Å². The molecule has 6 nitrogen and oxygen atoms in total. The molecule has 2 saturated carbocycles. The molecule has 0 amide bonds. The van der Waals surface area contributed by atoms with Crippen LogP contribution >= 0.6 is 0 Å². The van der Waals surface area contributed by atoms with Gasteiger partial charge in [0.15, 0.2) is 0 Å². The fourth-order valence-electron chi connectivity index (χ4n) is 3.84. The summed E-state index contributed by atoms with van der Waals surface area (Å²) >= 11 is 0. The van der Waals surface area contributed by atoms with Crippen molar-refractivity contribution in [1.29, 1.82) is 0 Å². The SMILES string of the molecule is O=C=NOC(ON=C=O)(C1CCCCC1)C1CCCCC1. The molecule has 0 unspecified atom stereocenters. The van der Waals surface area contributed by atoms with E-state index in [9.17, 15) is 9.59 Å². The van der Waals surface area contributed by atoms with Crippen molar-refractivity contribution in [3.8, 4) is 0 Å². The Labute approximate surface area is 124 Å². The van der Waals surface area contributed by atoms with Gasteiger partial charge in [-0.05, 0) is 25.7 Å². The van der Waals surface area contributed by atoms with Crippen LogP contribution in [0.5, 0.6) is 0 Å². The first-order valence-corrected chi connectivity index (χ1v) is 7.84. The summed E-state index contributed by atoms with van der Waals surface area (Å²) in [5.74, 6) is -0.942. The van der Waals surface area contributed by atoms with Gasteiger partial charge in [0.25, 0.3) is 12.2 Å². The van der Waals surface area contributed by atoms with Crippen LogP contribution < -0.4 is 0 Å². The van der Waals surface area contributed by atoms with Gasteiger partial charge in [-0.15, -0.1) is 0 Å². The Morgan fingerprint density at radius 3 is 1.43 bits per heavy atom. The first-order valence-electron chi connectivity index (χ1n) is 7.84. The Kier molecular flexibility index (Phi) is 5.97. The molecule has 116 valence electrons. The standard InChI is InChI=1S/C15H22N2O4/c18-11-16-20-15(21-17-12-19,13-7-3-1-4-8-13)14-9-5-2-6-10-14/h13-14H,1-10H2. The smallest absolute Gasteiger partial charge is 0.306 e. The van der Waals surface area contributed by atoms with Crippen molar-refractivity contribution in [3.05, 3.63) is 0 Å². The van der Waals surface area contributed by atoms with E-state index in [1.807, 2.05) is 0 Å². The summed E-state index contributed by atoms with van der Waals surface area (Å²) in [6, 6.07) is 0. The number of carbonyl (C=O) groups excluding carboxylic acids is 2. The molecule has 0 N–H and O–H groups in total. The van der Waals surface area contributed by atoms with Gasteiger partial charge in [0, 0.05) is 22.1 Å². The van der Waals surface area contributed by atoms with Crippen LogP contribution in [0.4, 0.5) is 0 Å². The fraction of sp³-hybridized carbons (Fsp3) is 0.867. The highest BCUT2D eigenvalue weighted by Gasteiger charge is 2.52. The average Bonchev–Trinajstić information content (AvgIpc) is 2.57. The predicted octanol–water partition coefficient (Wildman–Crippen LogP) is 3.38. The van der Waals surface area contributed by atoms with Crippen molar-refractivity contribution >= 4 is 12.2 Å². The molecule has 6 heteroatoms. The molecule has 2 aliphatic carbocycles. The van der Waals surface area contributed by atoms with Gasteiger partial charge in [0.2, 0.25) is 0 Å². The van der Waals surface area contributed by atoms with Gasteiger partial charge in [0.1, 0.15) is 0 Å². The maximum Gasteiger partial charge on any atom is 0.306 e. The van der Waals surface area contributed by atoms with Crippen LogP contribution in [0, 0.1) is 11.8 Å². The van der Waals surface area contributed by atoms with Crippen LogP contribution in [0.15, 0.2) is 10.3 Å². The highest BCUT2D eigenvalue weighted by atomic mass is 16.8. The van der Waals surface area contributed by atoms with Gasteiger partial charge in [-0.2, -0.15) is 0 Å². The molecule has 0 atom stereocenters. The summed E-state index contributed by atoms with van der Waals surface area (Å²) in [5, 5.41) is 6.65. The van der Waals surface area contributed by atoms with E-state index in [-0.39, 0.29) is 11.8 Å². The lowest BCUT2D eigenvalue weighted by Crippen LogP contribution is -2.49. The zero-order valence-corrected chi connectivity index (χ0v) is 12.3. The number of nitrogens with zero attached hydrogens (tertiary/aromatic N) is 2. The van der Waals surface area contributed by atoms with Gasteiger partial charge in [-0.25, -0.2) is 9.59 Å². The minimum Gasteiger partial charge on any atom is -0.334 e. The fourth-order valence-corrected chi connectivity index (χ4v) is 3.84. The Balaban J connectivity index is 2.29. The minimum absolute atomic E-state index is 0.0866. The van der Waals surface area contributed by atoms with E-state index >= 15 is 0 Å². The molecule has 21 heavy (non-hydrogen) atoms. The lowest BCUT2D eigenvalue weighted by molar-refractivity contribution is -0.306. The molecule has 0 spiro atoms. The molecule has 0 aliphatic heterocycles. The van der Waals surface area contributed by atoms with Crippen LogP contribution in [0.1, 0.15) is 64.2 Å². The molecule has 2 fully saturated rings. The van der Waals surface area contributed by atoms with E-state index in [4.69, 9.17) is 9.68 Å². The first kappa shape index (κ1) is 15.7. The molecule has 0 aromatic carbocycles. The van der Waals surface area contributed by atoms with Crippen molar-refractivity contribution in [2.75, 3.05) is 0 Å². The molecule has 2 aliphatic rings. The van der Waals surface area contributed by atoms with Gasteiger partial charge < -0.3 is 9.68 Å². The summed E-state index contributed by atoms with van der Waals surface area (Å²) in [4.78, 5) is 32.0. The lowest BCUT2D eigenvalue weighted by atomic mass is 9.72. The van der Waals surface area contributed by atoms with Crippen LogP contribution in [0.3, 0.4) is 0 Å². The molecule has 0 aromatic rings. The van der Waals surface area contributed by atoms with E-state index in [0.717, 1.165) is 51.4 Å². The number of hydrogen-bond acceptors (Lipinski definition) is 6. The average molecular weight is 294 g/mol.